The average molecular weight is 400 g/mol. The zero-order valence-electron chi connectivity index (χ0n) is 18.9. The summed E-state index contributed by atoms with van der Waals surface area (Å²) in [5.74, 6) is 1.53. The molecule has 0 amide bonds. The number of hydrogen-bond acceptors (Lipinski definition) is 1. The molecule has 0 saturated carbocycles. The van der Waals surface area contributed by atoms with Gasteiger partial charge in [0.05, 0.1) is 7.11 Å². The van der Waals surface area contributed by atoms with Crippen LogP contribution in [0.15, 0.2) is 60.7 Å². The molecule has 3 aromatic carbocycles. The van der Waals surface area contributed by atoms with Crippen LogP contribution in [0.5, 0.6) is 5.75 Å². The number of ether oxygens (including phenoxy) is 1. The highest BCUT2D eigenvalue weighted by Gasteiger charge is 2.15. The molecular weight excluding hydrogens is 366 g/mol. The van der Waals surface area contributed by atoms with Crippen molar-refractivity contribution in [2.24, 2.45) is 0 Å². The summed E-state index contributed by atoms with van der Waals surface area (Å²) < 4.78 is 7.93. The molecule has 2 heteroatoms. The van der Waals surface area contributed by atoms with Gasteiger partial charge >= 0.3 is 0 Å². The van der Waals surface area contributed by atoms with E-state index in [0.717, 1.165) is 5.75 Å². The fourth-order valence-electron chi connectivity index (χ4n) is 4.58. The van der Waals surface area contributed by atoms with E-state index in [1.165, 1.54) is 57.8 Å². The first-order chi connectivity index (χ1) is 14.5. The minimum Gasteiger partial charge on any atom is -0.497 e. The van der Waals surface area contributed by atoms with E-state index in [0.29, 0.717) is 12.0 Å². The summed E-state index contributed by atoms with van der Waals surface area (Å²) in [6.45, 7) is 9.09. The lowest BCUT2D eigenvalue weighted by molar-refractivity contribution is 0.415. The second kappa shape index (κ2) is 8.55. The van der Waals surface area contributed by atoms with E-state index in [9.17, 15) is 0 Å². The van der Waals surface area contributed by atoms with Crippen molar-refractivity contribution >= 4 is 21.8 Å². The lowest BCUT2D eigenvalue weighted by atomic mass is 9.93. The summed E-state index contributed by atoms with van der Waals surface area (Å²) in [4.78, 5) is 0. The molecule has 1 heterocycles. The highest BCUT2D eigenvalue weighted by Crippen LogP contribution is 2.36. The summed E-state index contributed by atoms with van der Waals surface area (Å²) in [7, 11) is 1.73. The maximum absolute atomic E-state index is 5.51. The Hall–Kier alpha value is -2.74. The summed E-state index contributed by atoms with van der Waals surface area (Å²) in [6, 6.07) is 22.8. The Bertz CT molecular complexity index is 1150. The van der Waals surface area contributed by atoms with E-state index in [2.05, 4.69) is 92.9 Å². The van der Waals surface area contributed by atoms with Crippen LogP contribution in [0.2, 0.25) is 0 Å². The molecule has 0 saturated heterocycles. The number of fused-ring (bicyclic) bond motifs is 3. The average Bonchev–Trinajstić information content (AvgIpc) is 3.10. The number of methoxy groups -OCH3 is 1. The topological polar surface area (TPSA) is 14.2 Å². The minimum absolute atomic E-state index is 0.396. The summed E-state index contributed by atoms with van der Waals surface area (Å²) in [5, 5.41) is 2.54. The number of nitrogens with zero attached hydrogens (tertiary/aromatic N) is 1. The predicted octanol–water partition coefficient (Wildman–Crippen LogP) is 8.34. The van der Waals surface area contributed by atoms with Crippen LogP contribution in [0.1, 0.15) is 64.5 Å². The molecule has 0 fully saturated rings. The van der Waals surface area contributed by atoms with Gasteiger partial charge in [0.25, 0.3) is 0 Å². The number of unbranched alkanes of at least 4 members (excludes halogenated alkanes) is 1. The molecule has 2 nitrogen and oxygen atoms in total. The monoisotopic (exact) mass is 399 g/mol. The fourth-order valence-corrected chi connectivity index (χ4v) is 4.58. The van der Waals surface area contributed by atoms with Gasteiger partial charge in [0.2, 0.25) is 0 Å². The number of rotatable bonds is 7. The molecule has 1 unspecified atom stereocenters. The Morgan fingerprint density at radius 2 is 1.43 bits per heavy atom. The van der Waals surface area contributed by atoms with E-state index in [4.69, 9.17) is 4.74 Å². The number of hydrogen-bond donors (Lipinski definition) is 0. The standard InChI is InChI=1S/C28H33NO/c1-6-7-8-20(4)21-9-11-22(12-10-21)23-13-15-27-25(17-23)26-18-24(30-5)14-16-28(26)29(27)19(2)3/h9-20H,6-8H2,1-5H3. The van der Waals surface area contributed by atoms with Crippen molar-refractivity contribution in [3.63, 3.8) is 0 Å². The Morgan fingerprint density at radius 3 is 2.07 bits per heavy atom. The number of benzene rings is 3. The molecule has 0 spiro atoms. The van der Waals surface area contributed by atoms with Crippen LogP contribution in [0, 0.1) is 0 Å². The molecule has 30 heavy (non-hydrogen) atoms. The van der Waals surface area contributed by atoms with Gasteiger partial charge in [-0.25, -0.2) is 0 Å². The Morgan fingerprint density at radius 1 is 0.800 bits per heavy atom. The molecule has 1 atom stereocenters. The van der Waals surface area contributed by atoms with Gasteiger partial charge in [0.1, 0.15) is 5.75 Å². The van der Waals surface area contributed by atoms with Gasteiger partial charge in [0, 0.05) is 27.8 Å². The Labute approximate surface area is 180 Å². The van der Waals surface area contributed by atoms with Crippen molar-refractivity contribution in [2.75, 3.05) is 7.11 Å². The Kier molecular flexibility index (Phi) is 5.85. The smallest absolute Gasteiger partial charge is 0.119 e. The molecule has 4 rings (SSSR count). The minimum atomic E-state index is 0.396. The van der Waals surface area contributed by atoms with Crippen LogP contribution >= 0.6 is 0 Å². The molecule has 0 N–H and O–H groups in total. The largest absolute Gasteiger partial charge is 0.497 e. The first-order valence-electron chi connectivity index (χ1n) is 11.3. The molecule has 0 aliphatic heterocycles. The first-order valence-corrected chi connectivity index (χ1v) is 11.3. The summed E-state index contributed by atoms with van der Waals surface area (Å²) in [6.07, 6.45) is 3.82. The van der Waals surface area contributed by atoms with Crippen LogP contribution in [0.4, 0.5) is 0 Å². The third-order valence-corrected chi connectivity index (χ3v) is 6.33. The highest BCUT2D eigenvalue weighted by atomic mass is 16.5. The zero-order valence-corrected chi connectivity index (χ0v) is 18.9. The van der Waals surface area contributed by atoms with Gasteiger partial charge in [-0.1, -0.05) is 57.0 Å². The van der Waals surface area contributed by atoms with Crippen LogP contribution in [0.3, 0.4) is 0 Å². The quantitative estimate of drug-likeness (QED) is 0.304. The van der Waals surface area contributed by atoms with E-state index in [1.54, 1.807) is 7.11 Å². The molecule has 4 aromatic rings. The normalized spacial score (nSPS) is 12.7. The van der Waals surface area contributed by atoms with Crippen LogP contribution in [-0.2, 0) is 0 Å². The van der Waals surface area contributed by atoms with Crippen LogP contribution in [0.25, 0.3) is 32.9 Å². The zero-order chi connectivity index (χ0) is 21.3. The van der Waals surface area contributed by atoms with Crippen molar-refractivity contribution in [3.05, 3.63) is 66.2 Å². The van der Waals surface area contributed by atoms with Gasteiger partial charge in [0.15, 0.2) is 0 Å². The molecule has 1 aromatic heterocycles. The van der Waals surface area contributed by atoms with Crippen molar-refractivity contribution < 1.29 is 4.74 Å². The van der Waals surface area contributed by atoms with Gasteiger partial charge < -0.3 is 9.30 Å². The summed E-state index contributed by atoms with van der Waals surface area (Å²) >= 11 is 0. The molecule has 156 valence electrons. The molecule has 0 aliphatic carbocycles. The van der Waals surface area contributed by atoms with Crippen LogP contribution in [-0.4, -0.2) is 11.7 Å². The molecule has 0 radical (unpaired) electrons. The SMILES string of the molecule is CCCCC(C)c1ccc(-c2ccc3c(c2)c2cc(OC)ccc2n3C(C)C)cc1. The van der Waals surface area contributed by atoms with Crippen LogP contribution < -0.4 is 4.74 Å². The highest BCUT2D eigenvalue weighted by molar-refractivity contribution is 6.10. The lowest BCUT2D eigenvalue weighted by Gasteiger charge is -2.13. The number of aromatic nitrogens is 1. The van der Waals surface area contributed by atoms with E-state index < -0.39 is 0 Å². The van der Waals surface area contributed by atoms with Crippen molar-refractivity contribution in [3.8, 4) is 16.9 Å². The van der Waals surface area contributed by atoms with E-state index >= 15 is 0 Å². The molecular formula is C28H33NO. The Balaban J connectivity index is 1.78. The predicted molar refractivity (Wildman–Crippen MR) is 130 cm³/mol. The maximum atomic E-state index is 5.51. The molecule has 0 bridgehead atoms. The third kappa shape index (κ3) is 3.71. The third-order valence-electron chi connectivity index (χ3n) is 6.33. The van der Waals surface area contributed by atoms with Crippen molar-refractivity contribution in [1.29, 1.82) is 0 Å². The van der Waals surface area contributed by atoms with Gasteiger partial charge in [-0.2, -0.15) is 0 Å². The second-order valence-corrected chi connectivity index (χ2v) is 8.74. The first kappa shape index (κ1) is 20.5. The fraction of sp³-hybridized carbons (Fsp3) is 0.357. The summed E-state index contributed by atoms with van der Waals surface area (Å²) in [5.41, 5.74) is 6.52. The van der Waals surface area contributed by atoms with Crippen molar-refractivity contribution in [1.82, 2.24) is 4.57 Å². The van der Waals surface area contributed by atoms with Gasteiger partial charge in [-0.05, 0) is 73.2 Å². The van der Waals surface area contributed by atoms with Crippen molar-refractivity contribution in [2.45, 2.75) is 58.9 Å². The molecule has 0 aliphatic rings. The maximum Gasteiger partial charge on any atom is 0.119 e. The van der Waals surface area contributed by atoms with Gasteiger partial charge in [-0.15, -0.1) is 0 Å². The lowest BCUT2D eigenvalue weighted by Crippen LogP contribution is -1.99. The second-order valence-electron chi connectivity index (χ2n) is 8.74. The van der Waals surface area contributed by atoms with Gasteiger partial charge in [-0.3, -0.25) is 0 Å². The van der Waals surface area contributed by atoms with E-state index in [-0.39, 0.29) is 0 Å². The van der Waals surface area contributed by atoms with E-state index in [1.807, 2.05) is 0 Å².